The number of hydrogen-bond acceptors (Lipinski definition) is 5. The highest BCUT2D eigenvalue weighted by atomic mass is 16.6. The normalized spacial score (nSPS) is 18.7. The molecule has 1 rings (SSSR count). The fourth-order valence-corrected chi connectivity index (χ4v) is 1.04. The predicted octanol–water partition coefficient (Wildman–Crippen LogP) is -0.318. The molecule has 1 fully saturated rings. The van der Waals surface area contributed by atoms with Gasteiger partial charge in [-0.1, -0.05) is 0 Å². The second-order valence-corrected chi connectivity index (χ2v) is 3.18. The number of esters is 1. The second-order valence-electron chi connectivity index (χ2n) is 3.18. The van der Waals surface area contributed by atoms with Crippen LogP contribution in [0.25, 0.3) is 0 Å². The summed E-state index contributed by atoms with van der Waals surface area (Å²) < 4.78 is 15.1. The van der Waals surface area contributed by atoms with Gasteiger partial charge in [0.25, 0.3) is 0 Å². The quantitative estimate of drug-likeness (QED) is 0.599. The lowest BCUT2D eigenvalue weighted by Gasteiger charge is -2.26. The van der Waals surface area contributed by atoms with Crippen molar-refractivity contribution in [3.05, 3.63) is 0 Å². The van der Waals surface area contributed by atoms with Crippen molar-refractivity contribution in [2.24, 2.45) is 5.73 Å². The molecule has 0 aromatic carbocycles. The van der Waals surface area contributed by atoms with E-state index in [9.17, 15) is 4.79 Å². The molecule has 5 heteroatoms. The summed E-state index contributed by atoms with van der Waals surface area (Å²) in [6, 6.07) is -0.573. The van der Waals surface area contributed by atoms with Crippen LogP contribution in [-0.2, 0) is 19.0 Å². The molecule has 1 aliphatic rings. The van der Waals surface area contributed by atoms with Crippen LogP contribution in [0.15, 0.2) is 0 Å². The molecular formula is C9H17NO4. The Hall–Kier alpha value is -0.650. The Kier molecular flexibility index (Phi) is 4.86. The van der Waals surface area contributed by atoms with Gasteiger partial charge in [-0.2, -0.15) is 0 Å². The Balaban J connectivity index is 2.01. The van der Waals surface area contributed by atoms with Crippen LogP contribution in [0.2, 0.25) is 0 Å². The lowest BCUT2D eigenvalue weighted by Crippen LogP contribution is -2.38. The van der Waals surface area contributed by atoms with E-state index in [2.05, 4.69) is 0 Å². The van der Waals surface area contributed by atoms with E-state index in [1.165, 1.54) is 0 Å². The summed E-state index contributed by atoms with van der Waals surface area (Å²) in [5.41, 5.74) is 5.56. The number of hydrogen-bond donors (Lipinski definition) is 1. The number of carbonyl (C=O) groups excluding carboxylic acids is 1. The predicted molar refractivity (Wildman–Crippen MR) is 49.8 cm³/mol. The Labute approximate surface area is 83.5 Å². The van der Waals surface area contributed by atoms with E-state index in [1.807, 2.05) is 0 Å². The Morgan fingerprint density at radius 1 is 1.64 bits per heavy atom. The van der Waals surface area contributed by atoms with Crippen LogP contribution in [0.5, 0.6) is 0 Å². The zero-order chi connectivity index (χ0) is 10.4. The van der Waals surface area contributed by atoms with Crippen molar-refractivity contribution < 1.29 is 19.0 Å². The summed E-state index contributed by atoms with van der Waals surface area (Å²) in [6.45, 7) is 3.90. The molecule has 5 nitrogen and oxygen atoms in total. The highest BCUT2D eigenvalue weighted by Crippen LogP contribution is 2.06. The van der Waals surface area contributed by atoms with Gasteiger partial charge in [-0.25, -0.2) is 0 Å². The number of ether oxygens (including phenoxy) is 3. The monoisotopic (exact) mass is 203 g/mol. The average Bonchev–Trinajstić information content (AvgIpc) is 2.09. The smallest absolute Gasteiger partial charge is 0.322 e. The van der Waals surface area contributed by atoms with Gasteiger partial charge in [-0.3, -0.25) is 4.79 Å². The molecule has 0 saturated carbocycles. The molecule has 0 aliphatic carbocycles. The van der Waals surface area contributed by atoms with Gasteiger partial charge in [0.1, 0.15) is 12.1 Å². The maximum absolute atomic E-state index is 11.1. The molecule has 1 unspecified atom stereocenters. The Morgan fingerprint density at radius 3 is 2.86 bits per heavy atom. The van der Waals surface area contributed by atoms with E-state index in [4.69, 9.17) is 19.9 Å². The average molecular weight is 203 g/mol. The molecule has 0 aromatic heterocycles. The van der Waals surface area contributed by atoms with Crippen molar-refractivity contribution >= 4 is 5.97 Å². The molecule has 1 atom stereocenters. The third-order valence-electron chi connectivity index (χ3n) is 1.98. The first-order chi connectivity index (χ1) is 6.74. The van der Waals surface area contributed by atoms with Gasteiger partial charge < -0.3 is 19.9 Å². The lowest BCUT2D eigenvalue weighted by molar-refractivity contribution is -0.147. The molecule has 0 spiro atoms. The zero-order valence-corrected chi connectivity index (χ0v) is 8.40. The summed E-state index contributed by atoms with van der Waals surface area (Å²) in [5.74, 6) is -0.360. The van der Waals surface area contributed by atoms with E-state index >= 15 is 0 Å². The fraction of sp³-hybridized carbons (Fsp3) is 0.889. The van der Waals surface area contributed by atoms with Crippen LogP contribution in [0.1, 0.15) is 13.3 Å². The summed E-state index contributed by atoms with van der Waals surface area (Å²) in [5, 5.41) is 0. The van der Waals surface area contributed by atoms with Crippen LogP contribution >= 0.6 is 0 Å². The molecule has 82 valence electrons. The van der Waals surface area contributed by atoms with Crippen molar-refractivity contribution in [2.75, 3.05) is 26.4 Å². The molecule has 1 aliphatic heterocycles. The second kappa shape index (κ2) is 5.95. The molecule has 0 bridgehead atoms. The molecule has 2 N–H and O–H groups in total. The number of nitrogens with two attached hydrogens (primary N) is 1. The fourth-order valence-electron chi connectivity index (χ4n) is 1.04. The van der Waals surface area contributed by atoms with E-state index in [0.717, 1.165) is 0 Å². The van der Waals surface area contributed by atoms with Crippen molar-refractivity contribution in [3.8, 4) is 0 Å². The topological polar surface area (TPSA) is 70.8 Å². The first kappa shape index (κ1) is 11.4. The molecule has 0 aromatic rings. The van der Waals surface area contributed by atoms with E-state index in [1.54, 1.807) is 6.92 Å². The molecule has 0 amide bonds. The lowest BCUT2D eigenvalue weighted by atomic mass is 10.2. The van der Waals surface area contributed by atoms with E-state index in [-0.39, 0.29) is 12.1 Å². The van der Waals surface area contributed by atoms with Crippen LogP contribution in [0, 0.1) is 0 Å². The van der Waals surface area contributed by atoms with Gasteiger partial charge >= 0.3 is 5.97 Å². The van der Waals surface area contributed by atoms with Gasteiger partial charge in [-0.15, -0.1) is 0 Å². The molecule has 1 saturated heterocycles. The largest absolute Gasteiger partial charge is 0.465 e. The van der Waals surface area contributed by atoms with Crippen LogP contribution < -0.4 is 5.73 Å². The first-order valence-electron chi connectivity index (χ1n) is 4.85. The molecule has 0 radical (unpaired) electrons. The minimum atomic E-state index is -0.573. The van der Waals surface area contributed by atoms with Crippen LogP contribution in [-0.4, -0.2) is 44.5 Å². The van der Waals surface area contributed by atoms with Gasteiger partial charge in [0, 0.05) is 6.61 Å². The van der Waals surface area contributed by atoms with Crippen molar-refractivity contribution in [1.82, 2.24) is 0 Å². The molecule has 14 heavy (non-hydrogen) atoms. The van der Waals surface area contributed by atoms with Gasteiger partial charge in [0.05, 0.1) is 19.8 Å². The van der Waals surface area contributed by atoms with Gasteiger partial charge in [-0.05, 0) is 13.3 Å². The number of rotatable bonds is 6. The van der Waals surface area contributed by atoms with Gasteiger partial charge in [0.2, 0.25) is 0 Å². The van der Waals surface area contributed by atoms with Crippen LogP contribution in [0.4, 0.5) is 0 Å². The third kappa shape index (κ3) is 3.61. The third-order valence-corrected chi connectivity index (χ3v) is 1.98. The molecular weight excluding hydrogens is 186 g/mol. The minimum absolute atomic E-state index is 0.185. The maximum atomic E-state index is 11.1. The van der Waals surface area contributed by atoms with Crippen molar-refractivity contribution in [2.45, 2.75) is 25.5 Å². The standard InChI is InChI=1S/C9H17NO4/c1-2-13-9(11)8(10)3-4-14-7-5-12-6-7/h7-8H,2-6,10H2,1H3. The first-order valence-corrected chi connectivity index (χ1v) is 4.85. The SMILES string of the molecule is CCOC(=O)C(N)CCOC1COC1. The maximum Gasteiger partial charge on any atom is 0.322 e. The summed E-state index contributed by atoms with van der Waals surface area (Å²) in [4.78, 5) is 11.1. The highest BCUT2D eigenvalue weighted by Gasteiger charge is 2.20. The van der Waals surface area contributed by atoms with E-state index in [0.29, 0.717) is 32.8 Å². The minimum Gasteiger partial charge on any atom is -0.465 e. The van der Waals surface area contributed by atoms with E-state index < -0.39 is 6.04 Å². The summed E-state index contributed by atoms with van der Waals surface area (Å²) >= 11 is 0. The van der Waals surface area contributed by atoms with Crippen molar-refractivity contribution in [1.29, 1.82) is 0 Å². The molecule has 1 heterocycles. The van der Waals surface area contributed by atoms with Gasteiger partial charge in [0.15, 0.2) is 0 Å². The zero-order valence-electron chi connectivity index (χ0n) is 8.40. The Morgan fingerprint density at radius 2 is 2.36 bits per heavy atom. The number of carbonyl (C=O) groups is 1. The van der Waals surface area contributed by atoms with Crippen molar-refractivity contribution in [3.63, 3.8) is 0 Å². The van der Waals surface area contributed by atoms with Crippen LogP contribution in [0.3, 0.4) is 0 Å². The highest BCUT2D eigenvalue weighted by molar-refractivity contribution is 5.75. The summed E-state index contributed by atoms with van der Waals surface area (Å²) in [7, 11) is 0. The Bertz CT molecular complexity index is 182. The summed E-state index contributed by atoms with van der Waals surface area (Å²) in [6.07, 6.45) is 0.680.